The first kappa shape index (κ1) is 21.8. The molecule has 0 N–H and O–H groups in total. The molecule has 0 amide bonds. The van der Waals surface area contributed by atoms with Gasteiger partial charge in [0.1, 0.15) is 0 Å². The summed E-state index contributed by atoms with van der Waals surface area (Å²) in [5.74, 6) is 0. The van der Waals surface area contributed by atoms with E-state index in [1.165, 1.54) is 11.1 Å². The standard InChI is InChI=1S/C14H14.2C2H2.2C.4Bi.Zr.2H/c1-3-7-13(8-4-1)11-12-14-9-5-2-6-10-14;2*1-2;;;;;;;;;/h1-10H,11-12H2;2*1-2H;;;;;;;;;. The second kappa shape index (κ2) is 13.3. The van der Waals surface area contributed by atoms with E-state index in [2.05, 4.69) is 73.0 Å². The third kappa shape index (κ3) is 8.96. The number of hydrogen-bond donors (Lipinski definition) is 0. The van der Waals surface area contributed by atoms with Crippen LogP contribution in [-0.4, -0.2) is 89.2 Å². The van der Waals surface area contributed by atoms with Crippen LogP contribution in [0.1, 0.15) is 11.1 Å². The van der Waals surface area contributed by atoms with Gasteiger partial charge >= 0.3 is 128 Å². The monoisotopic (exact) mass is 1190 g/mol. The molecular formula is C20H20Bi4Zr. The molecule has 0 aromatic heterocycles. The van der Waals surface area contributed by atoms with E-state index in [1.54, 1.807) is 0 Å². The summed E-state index contributed by atoms with van der Waals surface area (Å²) in [6, 6.07) is 21.2. The summed E-state index contributed by atoms with van der Waals surface area (Å²) in [5, 5.41) is 0. The van der Waals surface area contributed by atoms with Gasteiger partial charge in [0.05, 0.1) is 0 Å². The fourth-order valence-electron chi connectivity index (χ4n) is 2.36. The molecule has 5 heteroatoms. The first-order valence-corrected chi connectivity index (χ1v) is 26.6. The summed E-state index contributed by atoms with van der Waals surface area (Å²) >= 11 is -0.128. The molecule has 0 spiro atoms. The second-order valence-electron chi connectivity index (χ2n) is 5.47. The second-order valence-corrected chi connectivity index (χ2v) is 56.4. The zero-order chi connectivity index (χ0) is 17.2. The summed E-state index contributed by atoms with van der Waals surface area (Å²) in [5.41, 5.74) is 2.83. The summed E-state index contributed by atoms with van der Waals surface area (Å²) in [7, 11) is 0. The molecule has 0 saturated heterocycles. The SMILES string of the molecule is [CH]1=[CH][BiH][C]([Zr][C]2=[Bi][CH]=[CH][BiH]2)=[Bi]1.c1ccc(CCc2ccccc2)cc1. The van der Waals surface area contributed by atoms with Crippen molar-refractivity contribution in [2.24, 2.45) is 0 Å². The van der Waals surface area contributed by atoms with Gasteiger partial charge in [0.25, 0.3) is 0 Å². The van der Waals surface area contributed by atoms with E-state index in [1.807, 2.05) is 0 Å². The van der Waals surface area contributed by atoms with Crippen molar-refractivity contribution in [3.05, 3.63) is 86.9 Å². The molecule has 4 rings (SSSR count). The topological polar surface area (TPSA) is 0 Å². The van der Waals surface area contributed by atoms with Crippen LogP contribution in [0.25, 0.3) is 0 Å². The quantitative estimate of drug-likeness (QED) is 0.403. The van der Waals surface area contributed by atoms with Gasteiger partial charge in [-0.15, -0.1) is 0 Å². The van der Waals surface area contributed by atoms with Gasteiger partial charge in [-0.05, 0) is 24.0 Å². The molecule has 0 radical (unpaired) electrons. The Hall–Kier alpha value is 2.08. The van der Waals surface area contributed by atoms with Gasteiger partial charge in [-0.3, -0.25) is 0 Å². The Morgan fingerprint density at radius 1 is 0.640 bits per heavy atom. The first-order chi connectivity index (χ1) is 12.4. The average molecular weight is 1190 g/mol. The van der Waals surface area contributed by atoms with E-state index in [0.29, 0.717) is 0 Å². The van der Waals surface area contributed by atoms with Gasteiger partial charge in [0, 0.05) is 0 Å². The van der Waals surface area contributed by atoms with Gasteiger partial charge in [0.15, 0.2) is 0 Å². The summed E-state index contributed by atoms with van der Waals surface area (Å²) in [4.78, 5) is 0. The summed E-state index contributed by atoms with van der Waals surface area (Å²) in [6.07, 6.45) is 2.26. The van der Waals surface area contributed by atoms with Crippen LogP contribution in [0.5, 0.6) is 0 Å². The van der Waals surface area contributed by atoms with Crippen LogP contribution in [0, 0.1) is 0 Å². The molecule has 0 aliphatic carbocycles. The van der Waals surface area contributed by atoms with Crippen LogP contribution >= 0.6 is 0 Å². The first-order valence-electron chi connectivity index (χ1n) is 8.24. The molecule has 0 bridgehead atoms. The van der Waals surface area contributed by atoms with Crippen molar-refractivity contribution < 1.29 is 23.2 Å². The van der Waals surface area contributed by atoms with Crippen molar-refractivity contribution in [2.75, 3.05) is 0 Å². The van der Waals surface area contributed by atoms with Crippen molar-refractivity contribution in [2.45, 2.75) is 12.8 Å². The molecule has 0 nitrogen and oxygen atoms in total. The predicted octanol–water partition coefficient (Wildman–Crippen LogP) is 1.97. The Bertz CT molecular complexity index is 712. The van der Waals surface area contributed by atoms with Gasteiger partial charge in [0.2, 0.25) is 0 Å². The molecule has 2 aliphatic heterocycles. The van der Waals surface area contributed by atoms with Crippen LogP contribution in [-0.2, 0) is 36.1 Å². The Labute approximate surface area is 208 Å². The third-order valence-corrected chi connectivity index (χ3v) is 63.0. The maximum Gasteiger partial charge on any atom is -0.0238 e. The normalized spacial score (nSPS) is 14.6. The van der Waals surface area contributed by atoms with Gasteiger partial charge in [-0.2, -0.15) is 0 Å². The maximum atomic E-state index is 2.65. The predicted molar refractivity (Wildman–Crippen MR) is 114 cm³/mol. The van der Waals surface area contributed by atoms with Crippen LogP contribution in [0.2, 0.25) is 0 Å². The Morgan fingerprint density at radius 2 is 1.08 bits per heavy atom. The Balaban J connectivity index is 0.000000150. The largest absolute Gasteiger partial charge is 0.0622 e. The van der Waals surface area contributed by atoms with Crippen LogP contribution in [0.4, 0.5) is 0 Å². The Morgan fingerprint density at radius 3 is 1.44 bits per heavy atom. The molecule has 0 fully saturated rings. The maximum absolute atomic E-state index is 2.65. The summed E-state index contributed by atoms with van der Waals surface area (Å²) < 4.78 is 15.3. The van der Waals surface area contributed by atoms with Gasteiger partial charge in [-0.25, -0.2) is 0 Å². The molecule has 2 aromatic carbocycles. The molecule has 0 unspecified atom stereocenters. The van der Waals surface area contributed by atoms with Crippen molar-refractivity contribution in [3.63, 3.8) is 0 Å². The van der Waals surface area contributed by atoms with E-state index in [9.17, 15) is 0 Å². The molecular weight excluding hydrogens is 1170 g/mol. The van der Waals surface area contributed by atoms with Crippen molar-refractivity contribution in [1.82, 2.24) is 0 Å². The Kier molecular flexibility index (Phi) is 11.6. The fourth-order valence-corrected chi connectivity index (χ4v) is 96.7. The van der Waals surface area contributed by atoms with E-state index in [-0.39, 0.29) is 115 Å². The number of hydrogen-bond acceptors (Lipinski definition) is 0. The number of rotatable bonds is 5. The molecule has 25 heavy (non-hydrogen) atoms. The van der Waals surface area contributed by atoms with E-state index in [0.717, 1.165) is 12.8 Å². The molecule has 2 aliphatic rings. The molecule has 0 atom stereocenters. The molecule has 2 heterocycles. The summed E-state index contributed by atoms with van der Waals surface area (Å²) in [6.45, 7) is 0. The van der Waals surface area contributed by atoms with Gasteiger partial charge < -0.3 is 0 Å². The number of aryl methyl sites for hydroxylation is 2. The third-order valence-electron chi connectivity index (χ3n) is 3.62. The number of benzene rings is 2. The van der Waals surface area contributed by atoms with E-state index in [4.69, 9.17) is 0 Å². The zero-order valence-electron chi connectivity index (χ0n) is 13.9. The fraction of sp³-hybridized carbons (Fsp3) is 0.100. The smallest absolute Gasteiger partial charge is 0.0238 e. The van der Waals surface area contributed by atoms with Crippen molar-refractivity contribution >= 4 is 89.2 Å². The minimum atomic E-state index is -0.125. The van der Waals surface area contributed by atoms with Gasteiger partial charge in [-0.1, -0.05) is 60.7 Å². The van der Waals surface area contributed by atoms with E-state index < -0.39 is 0 Å². The van der Waals surface area contributed by atoms with Crippen LogP contribution in [0.3, 0.4) is 0 Å². The zero-order valence-corrected chi connectivity index (χ0v) is 31.1. The molecule has 2 aromatic rings. The van der Waals surface area contributed by atoms with Crippen molar-refractivity contribution in [1.29, 1.82) is 0 Å². The average Bonchev–Trinajstić information content (AvgIpc) is 3.37. The molecule has 0 saturated carbocycles. The van der Waals surface area contributed by atoms with E-state index >= 15 is 0 Å². The van der Waals surface area contributed by atoms with Crippen LogP contribution < -0.4 is 0 Å². The van der Waals surface area contributed by atoms with Crippen molar-refractivity contribution in [3.8, 4) is 0 Å². The minimum Gasteiger partial charge on any atom is -0.0622 e. The van der Waals surface area contributed by atoms with Crippen LogP contribution in [0.15, 0.2) is 75.8 Å². The molecule has 124 valence electrons. The minimum absolute atomic E-state index is 0.00556.